The van der Waals surface area contributed by atoms with Crippen molar-refractivity contribution < 1.29 is 18.0 Å². The number of allylic oxidation sites excluding steroid dienone is 1. The van der Waals surface area contributed by atoms with Gasteiger partial charge in [0.15, 0.2) is 0 Å². The second-order valence-corrected chi connectivity index (χ2v) is 14.3. The van der Waals surface area contributed by atoms with Crippen LogP contribution in [0.15, 0.2) is 42.7 Å². The molecule has 0 radical (unpaired) electrons. The van der Waals surface area contributed by atoms with Gasteiger partial charge in [0.05, 0.1) is 11.8 Å². The molecule has 2 aliphatic rings. The predicted octanol–water partition coefficient (Wildman–Crippen LogP) is 6.55. The molecule has 49 heavy (non-hydrogen) atoms. The number of likely N-dealkylation sites (tertiary alicyclic amines) is 2. The number of carbonyl (C=O) groups is 1. The molecule has 6 rings (SSSR count). The van der Waals surface area contributed by atoms with Gasteiger partial charge in [-0.2, -0.15) is 18.4 Å². The lowest BCUT2D eigenvalue weighted by molar-refractivity contribution is -0.126. The van der Waals surface area contributed by atoms with E-state index < -0.39 is 12.6 Å². The highest BCUT2D eigenvalue weighted by Crippen LogP contribution is 2.33. The largest absolute Gasteiger partial charge is 0.393 e. The van der Waals surface area contributed by atoms with Gasteiger partial charge in [0, 0.05) is 73.7 Å². The number of aryl methyl sites for hydroxylation is 1. The van der Waals surface area contributed by atoms with Gasteiger partial charge in [0.2, 0.25) is 5.91 Å². The van der Waals surface area contributed by atoms with Gasteiger partial charge in [-0.25, -0.2) is 9.97 Å². The number of nitriles is 1. The van der Waals surface area contributed by atoms with Crippen LogP contribution in [0.3, 0.4) is 0 Å². The number of halogens is 3. The van der Waals surface area contributed by atoms with Crippen LogP contribution in [-0.2, 0) is 24.3 Å². The standard InChI is InChI=1S/C36H43F3N8OS/c1-3-4-5-33(48)43-26-8-12-45(13-9-26)16-17-47-28(21-40)18-30-24(2)25(6-7-32(30)47)22-46-14-10-27(11-15-46)44-34-31-19-29(20-36(37,38)39)49-35(31)42-23-41-34/h4-7,18-19,23,26-27H,3,8-17,20,22H2,1-2H3,(H,43,48)(H,41,42,44)/b5-4+. The maximum atomic E-state index is 13.0. The van der Waals surface area contributed by atoms with E-state index in [4.69, 9.17) is 0 Å². The highest BCUT2D eigenvalue weighted by atomic mass is 32.1. The molecule has 1 amide bonds. The number of aromatic nitrogens is 3. The minimum atomic E-state index is -4.26. The number of nitrogens with one attached hydrogen (secondary N) is 2. The van der Waals surface area contributed by atoms with Gasteiger partial charge in [-0.3, -0.25) is 9.69 Å². The molecule has 0 saturated carbocycles. The molecule has 0 atom stereocenters. The van der Waals surface area contributed by atoms with E-state index in [0.717, 1.165) is 100 Å². The van der Waals surface area contributed by atoms with Crippen LogP contribution in [0.5, 0.6) is 0 Å². The summed E-state index contributed by atoms with van der Waals surface area (Å²) in [5.41, 5.74) is 4.18. The number of piperidine rings is 2. The number of hydrogen-bond acceptors (Lipinski definition) is 8. The SMILES string of the molecule is CC/C=C/C(=O)NC1CCN(CCn2c(C#N)cc3c(C)c(CN4CCC(Nc5ncnc6sc(CC(F)(F)F)cc56)CC4)ccc32)CC1. The smallest absolute Gasteiger partial charge is 0.367 e. The fraction of sp³-hybridized carbons (Fsp3) is 0.500. The summed E-state index contributed by atoms with van der Waals surface area (Å²) in [6.45, 7) is 10.1. The average Bonchev–Trinajstić information content (AvgIpc) is 3.66. The maximum Gasteiger partial charge on any atom is 0.393 e. The Bertz CT molecular complexity index is 1840. The minimum absolute atomic E-state index is 0.0151. The number of amides is 1. The third kappa shape index (κ3) is 8.60. The van der Waals surface area contributed by atoms with E-state index >= 15 is 0 Å². The van der Waals surface area contributed by atoms with Gasteiger partial charge >= 0.3 is 6.18 Å². The second kappa shape index (κ2) is 15.3. The third-order valence-electron chi connectivity index (χ3n) is 9.74. The first-order chi connectivity index (χ1) is 23.6. The lowest BCUT2D eigenvalue weighted by Gasteiger charge is -2.33. The number of alkyl halides is 3. The lowest BCUT2D eigenvalue weighted by Crippen LogP contribution is -2.45. The summed E-state index contributed by atoms with van der Waals surface area (Å²) in [5, 5.41) is 18.3. The topological polar surface area (TPSA) is 102 Å². The fourth-order valence-electron chi connectivity index (χ4n) is 7.02. The van der Waals surface area contributed by atoms with Gasteiger partial charge in [-0.15, -0.1) is 11.3 Å². The number of anilines is 1. The van der Waals surface area contributed by atoms with Crippen LogP contribution in [0, 0.1) is 18.3 Å². The fourth-order valence-corrected chi connectivity index (χ4v) is 8.04. The number of benzene rings is 1. The zero-order chi connectivity index (χ0) is 34.5. The summed E-state index contributed by atoms with van der Waals surface area (Å²) in [6.07, 6.45) is 4.16. The first-order valence-electron chi connectivity index (χ1n) is 17.1. The van der Waals surface area contributed by atoms with Crippen molar-refractivity contribution >= 4 is 44.2 Å². The highest BCUT2D eigenvalue weighted by Gasteiger charge is 2.29. The Hall–Kier alpha value is -3.99. The first-order valence-corrected chi connectivity index (χ1v) is 17.9. The van der Waals surface area contributed by atoms with E-state index in [9.17, 15) is 23.2 Å². The molecule has 4 aromatic rings. The predicted molar refractivity (Wildman–Crippen MR) is 188 cm³/mol. The molecule has 260 valence electrons. The van der Waals surface area contributed by atoms with Gasteiger partial charge in [0.1, 0.15) is 28.7 Å². The zero-order valence-electron chi connectivity index (χ0n) is 28.0. The number of thiophene rings is 1. The Morgan fingerprint density at radius 1 is 1.04 bits per heavy atom. The Labute approximate surface area is 288 Å². The van der Waals surface area contributed by atoms with Crippen molar-refractivity contribution in [2.75, 3.05) is 38.0 Å². The van der Waals surface area contributed by atoms with Crippen LogP contribution in [0.25, 0.3) is 21.1 Å². The molecule has 13 heteroatoms. The second-order valence-electron chi connectivity index (χ2n) is 13.2. The van der Waals surface area contributed by atoms with E-state index in [0.29, 0.717) is 21.7 Å². The van der Waals surface area contributed by atoms with Gasteiger partial charge in [-0.1, -0.05) is 19.1 Å². The summed E-state index contributed by atoms with van der Waals surface area (Å²) in [6, 6.07) is 10.7. The molecule has 2 fully saturated rings. The molecule has 3 aromatic heterocycles. The van der Waals surface area contributed by atoms with E-state index in [1.807, 2.05) is 19.1 Å². The zero-order valence-corrected chi connectivity index (χ0v) is 28.8. The van der Waals surface area contributed by atoms with Crippen LogP contribution in [-0.4, -0.2) is 81.2 Å². The van der Waals surface area contributed by atoms with E-state index in [2.05, 4.69) is 60.1 Å². The van der Waals surface area contributed by atoms with Gasteiger partial charge in [-0.05, 0) is 74.4 Å². The van der Waals surface area contributed by atoms with Crippen LogP contribution < -0.4 is 10.6 Å². The first kappa shape index (κ1) is 34.9. The summed E-state index contributed by atoms with van der Waals surface area (Å²) < 4.78 is 41.0. The highest BCUT2D eigenvalue weighted by molar-refractivity contribution is 7.18. The third-order valence-corrected chi connectivity index (χ3v) is 10.8. The molecule has 0 spiro atoms. The Morgan fingerprint density at radius 2 is 1.78 bits per heavy atom. The molecule has 0 unspecified atom stereocenters. The monoisotopic (exact) mass is 692 g/mol. The van der Waals surface area contributed by atoms with Crippen molar-refractivity contribution in [3.8, 4) is 6.07 Å². The summed E-state index contributed by atoms with van der Waals surface area (Å²) >= 11 is 1.07. The van der Waals surface area contributed by atoms with Gasteiger partial charge < -0.3 is 20.1 Å². The summed E-state index contributed by atoms with van der Waals surface area (Å²) in [5.74, 6) is 0.583. The molecular formula is C36H43F3N8OS. The van der Waals surface area contributed by atoms with Crippen molar-refractivity contribution in [2.24, 2.45) is 0 Å². The van der Waals surface area contributed by atoms with Crippen molar-refractivity contribution in [3.63, 3.8) is 0 Å². The molecular weight excluding hydrogens is 650 g/mol. The summed E-state index contributed by atoms with van der Waals surface area (Å²) in [7, 11) is 0. The van der Waals surface area contributed by atoms with Crippen molar-refractivity contribution in [3.05, 3.63) is 64.4 Å². The van der Waals surface area contributed by atoms with Crippen molar-refractivity contribution in [1.29, 1.82) is 5.26 Å². The average molecular weight is 693 g/mol. The number of rotatable bonds is 11. The normalized spacial score (nSPS) is 17.3. The van der Waals surface area contributed by atoms with Crippen LogP contribution >= 0.6 is 11.3 Å². The number of carbonyl (C=O) groups excluding carboxylic acids is 1. The number of hydrogen-bond donors (Lipinski definition) is 2. The lowest BCUT2D eigenvalue weighted by atomic mass is 10.0. The molecule has 9 nitrogen and oxygen atoms in total. The van der Waals surface area contributed by atoms with E-state index in [1.54, 1.807) is 12.1 Å². The Morgan fingerprint density at radius 3 is 2.49 bits per heavy atom. The van der Waals surface area contributed by atoms with Crippen molar-refractivity contribution in [2.45, 2.75) is 83.7 Å². The Kier molecular flexibility index (Phi) is 10.9. The molecule has 5 heterocycles. The van der Waals surface area contributed by atoms with Crippen LogP contribution in [0.4, 0.5) is 19.0 Å². The summed E-state index contributed by atoms with van der Waals surface area (Å²) in [4.78, 5) is 26.3. The molecule has 2 saturated heterocycles. The molecule has 0 bridgehead atoms. The molecule has 2 aliphatic heterocycles. The molecule has 1 aromatic carbocycles. The quantitative estimate of drug-likeness (QED) is 0.172. The van der Waals surface area contributed by atoms with Crippen molar-refractivity contribution in [1.82, 2.24) is 29.7 Å². The van der Waals surface area contributed by atoms with E-state index in [-0.39, 0.29) is 22.9 Å². The van der Waals surface area contributed by atoms with Crippen LogP contribution in [0.2, 0.25) is 0 Å². The van der Waals surface area contributed by atoms with E-state index in [1.165, 1.54) is 17.5 Å². The number of fused-ring (bicyclic) bond motifs is 2. The van der Waals surface area contributed by atoms with Gasteiger partial charge in [0.25, 0.3) is 0 Å². The maximum absolute atomic E-state index is 13.0. The molecule has 0 aliphatic carbocycles. The number of nitrogens with zero attached hydrogens (tertiary/aromatic N) is 6. The van der Waals surface area contributed by atoms with Crippen LogP contribution in [0.1, 0.15) is 60.7 Å². The Balaban J connectivity index is 1.03. The molecule has 2 N–H and O–H groups in total. The minimum Gasteiger partial charge on any atom is -0.367 e.